The minimum Gasteiger partial charge on any atom is -0.465 e. The summed E-state index contributed by atoms with van der Waals surface area (Å²) in [6.45, 7) is 3.99. The number of hydrogen-bond donors (Lipinski definition) is 0. The van der Waals surface area contributed by atoms with Crippen LogP contribution < -0.4 is 0 Å². The molecule has 1 rings (SSSR count). The van der Waals surface area contributed by atoms with E-state index in [1.807, 2.05) is 0 Å². The highest BCUT2D eigenvalue weighted by molar-refractivity contribution is 7.10. The van der Waals surface area contributed by atoms with Crippen molar-refractivity contribution in [1.82, 2.24) is 0 Å². The number of rotatable bonds is 3. The van der Waals surface area contributed by atoms with E-state index in [0.717, 1.165) is 6.42 Å². The molecule has 0 amide bonds. The first-order valence-corrected chi connectivity index (χ1v) is 4.74. The Labute approximate surface area is 76.2 Å². The van der Waals surface area contributed by atoms with Crippen LogP contribution in [-0.4, -0.2) is 12.6 Å². The van der Waals surface area contributed by atoms with Crippen molar-refractivity contribution in [2.75, 3.05) is 6.61 Å². The van der Waals surface area contributed by atoms with Crippen molar-refractivity contribution < 1.29 is 9.53 Å². The fraction of sp³-hybridized carbons (Fsp3) is 0.444. The number of carbonyl (C=O) groups is 1. The fourth-order valence-corrected chi connectivity index (χ4v) is 1.78. The average molecular weight is 184 g/mol. The molecule has 3 heteroatoms. The fourth-order valence-electron chi connectivity index (χ4n) is 0.917. The number of aryl methyl sites for hydroxylation is 1. The Morgan fingerprint density at radius 1 is 1.67 bits per heavy atom. The summed E-state index contributed by atoms with van der Waals surface area (Å²) in [5.41, 5.74) is 1.28. The molecule has 0 aliphatic heterocycles. The zero-order valence-electron chi connectivity index (χ0n) is 7.29. The topological polar surface area (TPSA) is 26.3 Å². The summed E-state index contributed by atoms with van der Waals surface area (Å²) in [5.74, 6) is -0.205. The van der Waals surface area contributed by atoms with Crippen LogP contribution in [0.4, 0.5) is 0 Å². The molecule has 1 aromatic heterocycles. The molecule has 66 valence electrons. The summed E-state index contributed by atoms with van der Waals surface area (Å²) in [6, 6.07) is 2.12. The zero-order valence-corrected chi connectivity index (χ0v) is 8.11. The van der Waals surface area contributed by atoms with E-state index in [4.69, 9.17) is 4.74 Å². The Morgan fingerprint density at radius 3 is 2.92 bits per heavy atom. The van der Waals surface area contributed by atoms with Crippen molar-refractivity contribution in [2.24, 2.45) is 0 Å². The number of ether oxygens (including phenoxy) is 1. The second-order valence-electron chi connectivity index (χ2n) is 2.68. The molecule has 0 aliphatic carbocycles. The zero-order chi connectivity index (χ0) is 8.97. The molecule has 0 saturated heterocycles. The van der Waals surface area contributed by atoms with Crippen molar-refractivity contribution in [1.29, 1.82) is 0 Å². The van der Waals surface area contributed by atoms with Gasteiger partial charge in [-0.2, -0.15) is 0 Å². The van der Waals surface area contributed by atoms with Gasteiger partial charge < -0.3 is 4.74 Å². The van der Waals surface area contributed by atoms with E-state index in [1.165, 1.54) is 17.4 Å². The monoisotopic (exact) mass is 184 g/mol. The summed E-state index contributed by atoms with van der Waals surface area (Å²) >= 11 is 1.71. The van der Waals surface area contributed by atoms with Gasteiger partial charge in [0.05, 0.1) is 6.61 Å². The number of hydrogen-bond acceptors (Lipinski definition) is 3. The van der Waals surface area contributed by atoms with Gasteiger partial charge in [0.25, 0.3) is 0 Å². The lowest BCUT2D eigenvalue weighted by molar-refractivity contribution is -0.140. The van der Waals surface area contributed by atoms with Gasteiger partial charge in [-0.25, -0.2) is 0 Å². The van der Waals surface area contributed by atoms with Gasteiger partial charge in [0.15, 0.2) is 0 Å². The van der Waals surface area contributed by atoms with E-state index in [1.54, 1.807) is 11.3 Å². The molecule has 0 aliphatic rings. The van der Waals surface area contributed by atoms with Crippen LogP contribution in [-0.2, 0) is 16.0 Å². The molecule has 0 bridgehead atoms. The van der Waals surface area contributed by atoms with Crippen LogP contribution >= 0.6 is 11.3 Å². The standard InChI is InChI=1S/C9H12O2S/c1-7-5-9(12-6-7)3-4-11-8(2)10/h5-6H,3-4H2,1-2H3. The van der Waals surface area contributed by atoms with Crippen LogP contribution in [0.3, 0.4) is 0 Å². The van der Waals surface area contributed by atoms with Crippen LogP contribution in [0, 0.1) is 6.92 Å². The highest BCUT2D eigenvalue weighted by Crippen LogP contribution is 2.13. The smallest absolute Gasteiger partial charge is 0.302 e. The van der Waals surface area contributed by atoms with E-state index in [0.29, 0.717) is 6.61 Å². The van der Waals surface area contributed by atoms with Crippen LogP contribution in [0.1, 0.15) is 17.4 Å². The van der Waals surface area contributed by atoms with Crippen LogP contribution in [0.25, 0.3) is 0 Å². The SMILES string of the molecule is CC(=O)OCCc1cc(C)cs1. The molecule has 0 fully saturated rings. The van der Waals surface area contributed by atoms with E-state index in [2.05, 4.69) is 18.4 Å². The van der Waals surface area contributed by atoms with Gasteiger partial charge in [0.2, 0.25) is 0 Å². The second kappa shape index (κ2) is 4.26. The molecule has 2 nitrogen and oxygen atoms in total. The van der Waals surface area contributed by atoms with Gasteiger partial charge in [-0.3, -0.25) is 4.79 Å². The molecule has 0 radical (unpaired) electrons. The highest BCUT2D eigenvalue weighted by atomic mass is 32.1. The summed E-state index contributed by atoms with van der Waals surface area (Å²) in [5, 5.41) is 2.10. The third-order valence-corrected chi connectivity index (χ3v) is 2.55. The lowest BCUT2D eigenvalue weighted by Gasteiger charge is -1.98. The number of carbonyl (C=O) groups excluding carboxylic acids is 1. The molecule has 1 aromatic rings. The van der Waals surface area contributed by atoms with E-state index in [-0.39, 0.29) is 5.97 Å². The third-order valence-electron chi connectivity index (χ3n) is 1.44. The first-order valence-electron chi connectivity index (χ1n) is 3.86. The third kappa shape index (κ3) is 3.05. The van der Waals surface area contributed by atoms with Gasteiger partial charge >= 0.3 is 5.97 Å². The predicted octanol–water partition coefficient (Wildman–Crippen LogP) is 2.16. The summed E-state index contributed by atoms with van der Waals surface area (Å²) in [4.78, 5) is 11.7. The van der Waals surface area contributed by atoms with Crippen LogP contribution in [0.15, 0.2) is 11.4 Å². The Hall–Kier alpha value is -0.830. The molecule has 0 spiro atoms. The van der Waals surface area contributed by atoms with Crippen LogP contribution in [0.5, 0.6) is 0 Å². The maximum absolute atomic E-state index is 10.4. The Balaban J connectivity index is 2.29. The molecular formula is C9H12O2S. The molecule has 0 unspecified atom stereocenters. The highest BCUT2D eigenvalue weighted by Gasteiger charge is 1.97. The Morgan fingerprint density at radius 2 is 2.42 bits per heavy atom. The minimum absolute atomic E-state index is 0.205. The van der Waals surface area contributed by atoms with Gasteiger partial charge in [-0.05, 0) is 23.9 Å². The molecule has 0 atom stereocenters. The van der Waals surface area contributed by atoms with Gasteiger partial charge in [-0.1, -0.05) is 0 Å². The second-order valence-corrected chi connectivity index (χ2v) is 3.68. The van der Waals surface area contributed by atoms with Crippen LogP contribution in [0.2, 0.25) is 0 Å². The molecule has 0 N–H and O–H groups in total. The largest absolute Gasteiger partial charge is 0.465 e. The minimum atomic E-state index is -0.205. The normalized spacial score (nSPS) is 9.83. The first kappa shape index (κ1) is 9.26. The van der Waals surface area contributed by atoms with E-state index in [9.17, 15) is 4.79 Å². The number of esters is 1. The summed E-state index contributed by atoms with van der Waals surface area (Å²) < 4.78 is 4.82. The maximum atomic E-state index is 10.4. The summed E-state index contributed by atoms with van der Waals surface area (Å²) in [7, 11) is 0. The van der Waals surface area contributed by atoms with Crippen molar-refractivity contribution in [2.45, 2.75) is 20.3 Å². The Bertz CT molecular complexity index is 265. The van der Waals surface area contributed by atoms with E-state index >= 15 is 0 Å². The quantitative estimate of drug-likeness (QED) is 0.673. The van der Waals surface area contributed by atoms with Gasteiger partial charge in [0.1, 0.15) is 0 Å². The van der Waals surface area contributed by atoms with E-state index < -0.39 is 0 Å². The average Bonchev–Trinajstić information content (AvgIpc) is 2.35. The molecule has 12 heavy (non-hydrogen) atoms. The van der Waals surface area contributed by atoms with Crippen molar-refractivity contribution in [3.63, 3.8) is 0 Å². The van der Waals surface area contributed by atoms with Crippen molar-refractivity contribution >= 4 is 17.3 Å². The van der Waals surface area contributed by atoms with Gasteiger partial charge in [-0.15, -0.1) is 11.3 Å². The molecule has 1 heterocycles. The maximum Gasteiger partial charge on any atom is 0.302 e. The predicted molar refractivity (Wildman–Crippen MR) is 49.4 cm³/mol. The molecule has 0 saturated carbocycles. The Kier molecular flexibility index (Phi) is 3.29. The van der Waals surface area contributed by atoms with Crippen molar-refractivity contribution in [3.05, 3.63) is 21.9 Å². The molecular weight excluding hydrogens is 172 g/mol. The summed E-state index contributed by atoms with van der Waals surface area (Å²) in [6.07, 6.45) is 0.831. The molecule has 0 aromatic carbocycles. The lowest BCUT2D eigenvalue weighted by Crippen LogP contribution is -2.02. The van der Waals surface area contributed by atoms with Crippen molar-refractivity contribution in [3.8, 4) is 0 Å². The van der Waals surface area contributed by atoms with Gasteiger partial charge in [0, 0.05) is 18.2 Å². The number of thiophene rings is 1. The first-order chi connectivity index (χ1) is 5.68. The lowest BCUT2D eigenvalue weighted by atomic mass is 10.3.